The van der Waals surface area contributed by atoms with Crippen LogP contribution in [0.1, 0.15) is 31.6 Å². The highest BCUT2D eigenvalue weighted by atomic mass is 15.1. The Labute approximate surface area is 85.7 Å². The number of hydrogen-bond donors (Lipinski definition) is 0. The van der Waals surface area contributed by atoms with Crippen molar-refractivity contribution < 1.29 is 0 Å². The number of likely N-dealkylation sites (tertiary alicyclic amines) is 1. The molecule has 1 aromatic rings. The average Bonchev–Trinajstić information content (AvgIpc) is 2.67. The molecule has 0 atom stereocenters. The normalized spacial score (nSPS) is 20.1. The van der Waals surface area contributed by atoms with E-state index in [2.05, 4.69) is 34.6 Å². The fourth-order valence-electron chi connectivity index (χ4n) is 2.22. The quantitative estimate of drug-likeness (QED) is 0.713. The third kappa shape index (κ3) is 1.82. The van der Waals surface area contributed by atoms with Gasteiger partial charge >= 0.3 is 0 Å². The Morgan fingerprint density at radius 2 is 2.14 bits per heavy atom. The SMILES string of the molecule is CCc1nccn1C1CCN(C)CC1. The second-order valence-electron chi connectivity index (χ2n) is 4.14. The van der Waals surface area contributed by atoms with Gasteiger partial charge in [-0.3, -0.25) is 0 Å². The van der Waals surface area contributed by atoms with Crippen LogP contribution in [0.5, 0.6) is 0 Å². The molecule has 0 amide bonds. The summed E-state index contributed by atoms with van der Waals surface area (Å²) in [7, 11) is 2.20. The molecule has 0 aliphatic carbocycles. The fourth-order valence-corrected chi connectivity index (χ4v) is 2.22. The fraction of sp³-hybridized carbons (Fsp3) is 0.727. The standard InChI is InChI=1S/C11H19N3/c1-3-11-12-6-9-14(11)10-4-7-13(2)8-5-10/h6,9-10H,3-5,7-8H2,1-2H3. The van der Waals surface area contributed by atoms with Gasteiger partial charge in [0.15, 0.2) is 0 Å². The zero-order chi connectivity index (χ0) is 9.97. The van der Waals surface area contributed by atoms with Crippen molar-refractivity contribution in [3.05, 3.63) is 18.2 Å². The Balaban J connectivity index is 2.08. The number of aromatic nitrogens is 2. The van der Waals surface area contributed by atoms with E-state index in [0.29, 0.717) is 6.04 Å². The van der Waals surface area contributed by atoms with Crippen molar-refractivity contribution in [3.63, 3.8) is 0 Å². The van der Waals surface area contributed by atoms with Crippen LogP contribution in [0.25, 0.3) is 0 Å². The minimum atomic E-state index is 0.684. The van der Waals surface area contributed by atoms with Gasteiger partial charge in [-0.05, 0) is 33.0 Å². The van der Waals surface area contributed by atoms with E-state index in [1.54, 1.807) is 0 Å². The molecule has 3 heteroatoms. The van der Waals surface area contributed by atoms with E-state index in [9.17, 15) is 0 Å². The summed E-state index contributed by atoms with van der Waals surface area (Å²) in [5.74, 6) is 1.24. The summed E-state index contributed by atoms with van der Waals surface area (Å²) in [6.07, 6.45) is 7.63. The topological polar surface area (TPSA) is 21.1 Å². The molecule has 3 nitrogen and oxygen atoms in total. The molecule has 1 aliphatic heterocycles. The molecule has 0 aromatic carbocycles. The number of imidazole rings is 1. The molecule has 2 rings (SSSR count). The lowest BCUT2D eigenvalue weighted by atomic mass is 10.1. The number of rotatable bonds is 2. The summed E-state index contributed by atoms with van der Waals surface area (Å²) in [4.78, 5) is 6.78. The molecule has 1 aliphatic rings. The summed E-state index contributed by atoms with van der Waals surface area (Å²) in [5, 5.41) is 0. The highest BCUT2D eigenvalue weighted by molar-refractivity contribution is 4.95. The van der Waals surface area contributed by atoms with Crippen molar-refractivity contribution in [3.8, 4) is 0 Å². The molecule has 0 N–H and O–H groups in total. The molecule has 0 saturated carbocycles. The lowest BCUT2D eigenvalue weighted by Gasteiger charge is -2.30. The summed E-state index contributed by atoms with van der Waals surface area (Å²) in [5.41, 5.74) is 0. The minimum Gasteiger partial charge on any atom is -0.332 e. The molecule has 2 heterocycles. The number of aryl methyl sites for hydroxylation is 1. The largest absolute Gasteiger partial charge is 0.332 e. The minimum absolute atomic E-state index is 0.684. The zero-order valence-corrected chi connectivity index (χ0v) is 9.11. The third-order valence-corrected chi connectivity index (χ3v) is 3.15. The van der Waals surface area contributed by atoms with Gasteiger partial charge in [0.25, 0.3) is 0 Å². The number of piperidine rings is 1. The highest BCUT2D eigenvalue weighted by Crippen LogP contribution is 2.22. The van der Waals surface area contributed by atoms with Crippen molar-refractivity contribution in [1.82, 2.24) is 14.5 Å². The van der Waals surface area contributed by atoms with Gasteiger partial charge in [-0.15, -0.1) is 0 Å². The Kier molecular flexibility index (Phi) is 2.87. The molecule has 0 unspecified atom stereocenters. The van der Waals surface area contributed by atoms with Crippen LogP contribution in [0, 0.1) is 0 Å². The van der Waals surface area contributed by atoms with Gasteiger partial charge in [0.2, 0.25) is 0 Å². The van der Waals surface area contributed by atoms with Crippen LogP contribution < -0.4 is 0 Å². The van der Waals surface area contributed by atoms with Gasteiger partial charge in [-0.2, -0.15) is 0 Å². The van der Waals surface area contributed by atoms with Crippen molar-refractivity contribution in [2.24, 2.45) is 0 Å². The van der Waals surface area contributed by atoms with Gasteiger partial charge < -0.3 is 9.47 Å². The number of hydrogen-bond acceptors (Lipinski definition) is 2. The van der Waals surface area contributed by atoms with Crippen LogP contribution in [-0.4, -0.2) is 34.6 Å². The summed E-state index contributed by atoms with van der Waals surface area (Å²) < 4.78 is 2.37. The second kappa shape index (κ2) is 4.13. The summed E-state index contributed by atoms with van der Waals surface area (Å²) >= 11 is 0. The van der Waals surface area contributed by atoms with Gasteiger partial charge in [0.05, 0.1) is 0 Å². The number of nitrogens with zero attached hydrogens (tertiary/aromatic N) is 3. The molecule has 1 saturated heterocycles. The predicted octanol–water partition coefficient (Wildman–Crippen LogP) is 1.71. The molecule has 14 heavy (non-hydrogen) atoms. The van der Waals surface area contributed by atoms with Crippen molar-refractivity contribution in [2.45, 2.75) is 32.2 Å². The highest BCUT2D eigenvalue weighted by Gasteiger charge is 2.19. The first kappa shape index (κ1) is 9.71. The van der Waals surface area contributed by atoms with Crippen LogP contribution in [0.15, 0.2) is 12.4 Å². The van der Waals surface area contributed by atoms with Gasteiger partial charge in [0.1, 0.15) is 5.82 Å². The maximum Gasteiger partial charge on any atom is 0.108 e. The third-order valence-electron chi connectivity index (χ3n) is 3.15. The Hall–Kier alpha value is -0.830. The maximum atomic E-state index is 4.38. The van der Waals surface area contributed by atoms with Crippen molar-refractivity contribution >= 4 is 0 Å². The van der Waals surface area contributed by atoms with Crippen molar-refractivity contribution in [1.29, 1.82) is 0 Å². The molecule has 0 radical (unpaired) electrons. The average molecular weight is 193 g/mol. The predicted molar refractivity (Wildman–Crippen MR) is 57.4 cm³/mol. The van der Waals surface area contributed by atoms with E-state index in [0.717, 1.165) is 6.42 Å². The molecule has 1 fully saturated rings. The van der Waals surface area contributed by atoms with E-state index >= 15 is 0 Å². The maximum absolute atomic E-state index is 4.38. The van der Waals surface area contributed by atoms with Gasteiger partial charge in [-0.1, -0.05) is 6.92 Å². The molecule has 78 valence electrons. The lowest BCUT2D eigenvalue weighted by molar-refractivity contribution is 0.219. The summed E-state index contributed by atoms with van der Waals surface area (Å²) in [6, 6.07) is 0.684. The van der Waals surface area contributed by atoms with E-state index in [1.165, 1.54) is 31.8 Å². The summed E-state index contributed by atoms with van der Waals surface area (Å²) in [6.45, 7) is 4.60. The van der Waals surface area contributed by atoms with Crippen LogP contribution in [-0.2, 0) is 6.42 Å². The first-order valence-corrected chi connectivity index (χ1v) is 5.51. The van der Waals surface area contributed by atoms with E-state index in [-0.39, 0.29) is 0 Å². The van der Waals surface area contributed by atoms with Crippen molar-refractivity contribution in [2.75, 3.05) is 20.1 Å². The molecular weight excluding hydrogens is 174 g/mol. The molecule has 0 spiro atoms. The van der Waals surface area contributed by atoms with E-state index in [4.69, 9.17) is 0 Å². The lowest BCUT2D eigenvalue weighted by Crippen LogP contribution is -2.31. The molecule has 1 aromatic heterocycles. The monoisotopic (exact) mass is 193 g/mol. The van der Waals surface area contributed by atoms with Crippen LogP contribution >= 0.6 is 0 Å². The Morgan fingerprint density at radius 3 is 2.79 bits per heavy atom. The molecule has 0 bridgehead atoms. The van der Waals surface area contributed by atoms with Crippen LogP contribution in [0.4, 0.5) is 0 Å². The molecular formula is C11H19N3. The van der Waals surface area contributed by atoms with E-state index in [1.807, 2.05) is 6.20 Å². The zero-order valence-electron chi connectivity index (χ0n) is 9.11. The first-order chi connectivity index (χ1) is 6.81. The smallest absolute Gasteiger partial charge is 0.108 e. The Morgan fingerprint density at radius 1 is 1.43 bits per heavy atom. The van der Waals surface area contributed by atoms with E-state index < -0.39 is 0 Å². The van der Waals surface area contributed by atoms with Gasteiger partial charge in [0, 0.05) is 24.9 Å². The van der Waals surface area contributed by atoms with Crippen LogP contribution in [0.2, 0.25) is 0 Å². The first-order valence-electron chi connectivity index (χ1n) is 5.51. The van der Waals surface area contributed by atoms with Crippen LogP contribution in [0.3, 0.4) is 0 Å². The van der Waals surface area contributed by atoms with Gasteiger partial charge in [-0.25, -0.2) is 4.98 Å². The Bertz CT molecular complexity index is 284. The second-order valence-corrected chi connectivity index (χ2v) is 4.14.